The van der Waals surface area contributed by atoms with Gasteiger partial charge >= 0.3 is 18.0 Å². The van der Waals surface area contributed by atoms with E-state index in [4.69, 9.17) is 5.11 Å². The van der Waals surface area contributed by atoms with E-state index in [9.17, 15) is 19.2 Å². The number of aliphatic imine (C=N–C) groups is 1. The Kier molecular flexibility index (Phi) is 6.36. The molecule has 0 bridgehead atoms. The largest absolute Gasteiger partial charge is 0.481 e. The van der Waals surface area contributed by atoms with Gasteiger partial charge in [0.2, 0.25) is 6.08 Å². The first kappa shape index (κ1) is 18.6. The van der Waals surface area contributed by atoms with Gasteiger partial charge in [-0.2, -0.15) is 4.99 Å². The minimum absolute atomic E-state index is 0.401. The van der Waals surface area contributed by atoms with Crippen molar-refractivity contribution in [2.45, 2.75) is 12.8 Å². The van der Waals surface area contributed by atoms with E-state index in [1.54, 1.807) is 36.4 Å². The molecule has 0 aliphatic heterocycles. The molecule has 0 spiro atoms. The van der Waals surface area contributed by atoms with Gasteiger partial charge in [0.05, 0.1) is 5.69 Å². The van der Waals surface area contributed by atoms with Crippen molar-refractivity contribution in [3.63, 3.8) is 0 Å². The Balaban J connectivity index is 1.91. The first-order valence-electron chi connectivity index (χ1n) is 7.45. The molecule has 2 N–H and O–H groups in total. The third-order valence-corrected chi connectivity index (χ3v) is 3.22. The van der Waals surface area contributed by atoms with Crippen LogP contribution in [0.1, 0.15) is 17.5 Å². The maximum absolute atomic E-state index is 11.5. The number of nitrogens with one attached hydrogen (secondary N) is 1. The van der Waals surface area contributed by atoms with E-state index in [-0.39, 0.29) is 0 Å². The molecule has 0 aromatic heterocycles. The van der Waals surface area contributed by atoms with E-state index < -0.39 is 24.5 Å². The van der Waals surface area contributed by atoms with E-state index in [2.05, 4.69) is 15.0 Å². The molecular weight excluding hydrogens is 340 g/mol. The second-order valence-electron chi connectivity index (χ2n) is 5.20. The molecule has 2 rings (SSSR count). The first-order valence-corrected chi connectivity index (χ1v) is 7.45. The van der Waals surface area contributed by atoms with E-state index in [0.717, 1.165) is 11.1 Å². The molecule has 0 saturated carbocycles. The Bertz CT molecular complexity index is 852. The molecule has 2 aromatic carbocycles. The van der Waals surface area contributed by atoms with Crippen molar-refractivity contribution in [1.29, 1.82) is 0 Å². The first-order chi connectivity index (χ1) is 12.5. The van der Waals surface area contributed by atoms with Gasteiger partial charge in [0.15, 0.2) is 0 Å². The Hall–Kier alpha value is -3.77. The number of amides is 1. The number of carbonyl (C=O) groups excluding carboxylic acids is 3. The molecule has 0 aliphatic rings. The molecule has 132 valence electrons. The van der Waals surface area contributed by atoms with Gasteiger partial charge in [-0.25, -0.2) is 9.59 Å². The normalized spacial score (nSPS) is 9.69. The number of ether oxygens (including phenoxy) is 1. The molecule has 0 saturated heterocycles. The van der Waals surface area contributed by atoms with Gasteiger partial charge in [-0.15, -0.1) is 0 Å². The average molecular weight is 354 g/mol. The number of hydrogen-bond acceptors (Lipinski definition) is 6. The van der Waals surface area contributed by atoms with Crippen molar-refractivity contribution in [1.82, 2.24) is 0 Å². The highest BCUT2D eigenvalue weighted by Crippen LogP contribution is 2.17. The van der Waals surface area contributed by atoms with Gasteiger partial charge in [0, 0.05) is 5.69 Å². The van der Waals surface area contributed by atoms with Crippen LogP contribution in [-0.4, -0.2) is 29.2 Å². The highest BCUT2D eigenvalue weighted by molar-refractivity contribution is 5.98. The Morgan fingerprint density at radius 1 is 1.00 bits per heavy atom. The van der Waals surface area contributed by atoms with Gasteiger partial charge in [-0.1, -0.05) is 24.3 Å². The molecule has 8 nitrogen and oxygen atoms in total. The highest BCUT2D eigenvalue weighted by atomic mass is 16.6. The quantitative estimate of drug-likeness (QED) is 0.356. The third-order valence-electron chi connectivity index (χ3n) is 3.22. The summed E-state index contributed by atoms with van der Waals surface area (Å²) in [7, 11) is 0. The third kappa shape index (κ3) is 6.03. The molecule has 2 aromatic rings. The molecule has 0 atom stereocenters. The lowest BCUT2D eigenvalue weighted by molar-refractivity contribution is -0.146. The fraction of sp³-hybridized carbons (Fsp3) is 0.111. The van der Waals surface area contributed by atoms with Gasteiger partial charge in [0.1, 0.15) is 6.42 Å². The molecular formula is C18H14N2O6. The fourth-order valence-corrected chi connectivity index (χ4v) is 2.09. The lowest BCUT2D eigenvalue weighted by Crippen LogP contribution is -2.20. The van der Waals surface area contributed by atoms with E-state index in [1.165, 1.54) is 6.08 Å². The minimum atomic E-state index is -1.38. The summed E-state index contributed by atoms with van der Waals surface area (Å²) in [6.07, 6.45) is 0.176. The molecule has 26 heavy (non-hydrogen) atoms. The van der Waals surface area contributed by atoms with Crippen molar-refractivity contribution in [3.05, 3.63) is 59.7 Å². The van der Waals surface area contributed by atoms with Gasteiger partial charge in [-0.05, 0) is 41.8 Å². The lowest BCUT2D eigenvalue weighted by atomic mass is 10.0. The lowest BCUT2D eigenvalue weighted by Gasteiger charge is -2.07. The fourth-order valence-electron chi connectivity index (χ4n) is 2.09. The predicted octanol–water partition coefficient (Wildman–Crippen LogP) is 2.79. The summed E-state index contributed by atoms with van der Waals surface area (Å²) in [6, 6.07) is 13.9. The van der Waals surface area contributed by atoms with Crippen LogP contribution in [-0.2, 0) is 25.5 Å². The van der Waals surface area contributed by atoms with Crippen molar-refractivity contribution >= 4 is 35.5 Å². The number of carboxylic acids is 1. The predicted molar refractivity (Wildman–Crippen MR) is 90.8 cm³/mol. The summed E-state index contributed by atoms with van der Waals surface area (Å²) in [5.74, 6) is -2.52. The Labute approximate surface area is 148 Å². The summed E-state index contributed by atoms with van der Waals surface area (Å²) in [4.78, 5) is 46.6. The molecule has 8 heteroatoms. The number of rotatable bonds is 6. The molecule has 0 aliphatic carbocycles. The molecule has 0 unspecified atom stereocenters. The number of isocyanates is 1. The number of esters is 1. The van der Waals surface area contributed by atoms with Crippen molar-refractivity contribution < 1.29 is 29.0 Å². The minimum Gasteiger partial charge on any atom is -0.481 e. The van der Waals surface area contributed by atoms with Crippen molar-refractivity contribution in [3.8, 4) is 0 Å². The van der Waals surface area contributed by atoms with Crippen LogP contribution < -0.4 is 5.32 Å². The number of anilines is 1. The zero-order valence-electron chi connectivity index (χ0n) is 13.5. The smallest absolute Gasteiger partial charge is 0.419 e. The number of hydrogen-bond donors (Lipinski definition) is 2. The van der Waals surface area contributed by atoms with Crippen LogP contribution in [0.15, 0.2) is 53.5 Å². The summed E-state index contributed by atoms with van der Waals surface area (Å²) < 4.78 is 4.32. The summed E-state index contributed by atoms with van der Waals surface area (Å²) in [5.41, 5.74) is 2.91. The van der Waals surface area contributed by atoms with E-state index in [0.29, 0.717) is 17.8 Å². The highest BCUT2D eigenvalue weighted by Gasteiger charge is 2.14. The van der Waals surface area contributed by atoms with E-state index in [1.807, 2.05) is 12.1 Å². The average Bonchev–Trinajstić information content (AvgIpc) is 2.57. The number of carbonyl (C=O) groups is 3. The Morgan fingerprint density at radius 2 is 1.58 bits per heavy atom. The topological polar surface area (TPSA) is 122 Å². The maximum Gasteiger partial charge on any atom is 0.419 e. The zero-order chi connectivity index (χ0) is 18.9. The molecule has 0 fully saturated rings. The summed E-state index contributed by atoms with van der Waals surface area (Å²) >= 11 is 0. The molecule has 0 radical (unpaired) electrons. The number of nitrogens with zero attached hydrogens (tertiary/aromatic N) is 1. The molecule has 1 amide bonds. The maximum atomic E-state index is 11.5. The van der Waals surface area contributed by atoms with Crippen molar-refractivity contribution in [2.75, 3.05) is 5.32 Å². The standard InChI is InChI=1S/C18H14N2O6/c21-11-19-14-5-1-12(2-6-14)9-13-3-7-15(8-4-13)20-18(25)26-17(24)10-16(22)23/h1-8H,9-10H2,(H,20,25)(H,22,23). The number of carboxylic acid groups (broad SMARTS) is 1. The second kappa shape index (κ2) is 8.91. The monoisotopic (exact) mass is 354 g/mol. The molecule has 0 heterocycles. The van der Waals surface area contributed by atoms with E-state index >= 15 is 0 Å². The van der Waals surface area contributed by atoms with Gasteiger partial charge < -0.3 is 9.84 Å². The van der Waals surface area contributed by atoms with Crippen LogP contribution in [0.5, 0.6) is 0 Å². The second-order valence-corrected chi connectivity index (χ2v) is 5.20. The van der Waals surface area contributed by atoms with Crippen LogP contribution in [0.25, 0.3) is 0 Å². The summed E-state index contributed by atoms with van der Waals surface area (Å²) in [5, 5.41) is 10.8. The zero-order valence-corrected chi connectivity index (χ0v) is 13.5. The van der Waals surface area contributed by atoms with Gasteiger partial charge in [-0.3, -0.25) is 14.9 Å². The van der Waals surface area contributed by atoms with Crippen LogP contribution in [0.3, 0.4) is 0 Å². The number of benzene rings is 2. The SMILES string of the molecule is O=C=Nc1ccc(Cc2ccc(NC(=O)OC(=O)CC(=O)O)cc2)cc1. The Morgan fingerprint density at radius 3 is 2.12 bits per heavy atom. The van der Waals surface area contributed by atoms with Crippen molar-refractivity contribution in [2.24, 2.45) is 4.99 Å². The van der Waals surface area contributed by atoms with Crippen LogP contribution >= 0.6 is 0 Å². The van der Waals surface area contributed by atoms with Crippen LogP contribution in [0.2, 0.25) is 0 Å². The van der Waals surface area contributed by atoms with Gasteiger partial charge in [0.25, 0.3) is 0 Å². The van der Waals surface area contributed by atoms with Crippen LogP contribution in [0, 0.1) is 0 Å². The van der Waals surface area contributed by atoms with Crippen LogP contribution in [0.4, 0.5) is 16.2 Å². The summed E-state index contributed by atoms with van der Waals surface area (Å²) in [6.45, 7) is 0. The number of aliphatic carboxylic acids is 1.